The summed E-state index contributed by atoms with van der Waals surface area (Å²) < 4.78 is 0. The molecule has 0 aromatic rings. The van der Waals surface area contributed by atoms with E-state index in [1.54, 1.807) is 0 Å². The standard InChI is InChI=1S/C6H10O.Pt/c7-6-4-2-1-3-5-6;/h1-5H2;. The van der Waals surface area contributed by atoms with Gasteiger partial charge in [-0.15, -0.1) is 0 Å². The van der Waals surface area contributed by atoms with Crippen molar-refractivity contribution in [1.29, 1.82) is 0 Å². The Balaban J connectivity index is 0.000000490. The van der Waals surface area contributed by atoms with E-state index in [2.05, 4.69) is 0 Å². The summed E-state index contributed by atoms with van der Waals surface area (Å²) in [5.74, 6) is 0.464. The van der Waals surface area contributed by atoms with Gasteiger partial charge >= 0.3 is 0 Å². The van der Waals surface area contributed by atoms with E-state index >= 15 is 0 Å². The monoisotopic (exact) mass is 293 g/mol. The Morgan fingerprint density at radius 3 is 1.75 bits per heavy atom. The van der Waals surface area contributed by atoms with Crippen molar-refractivity contribution in [2.24, 2.45) is 0 Å². The van der Waals surface area contributed by atoms with E-state index in [4.69, 9.17) is 0 Å². The van der Waals surface area contributed by atoms with Gasteiger partial charge in [0.1, 0.15) is 5.78 Å². The van der Waals surface area contributed by atoms with Gasteiger partial charge in [-0.3, -0.25) is 4.79 Å². The number of carbonyl (C=O) groups is 1. The minimum atomic E-state index is 0. The largest absolute Gasteiger partial charge is 0.300 e. The summed E-state index contributed by atoms with van der Waals surface area (Å²) in [5, 5.41) is 0. The fourth-order valence-corrected chi connectivity index (χ4v) is 0.946. The second-order valence-corrected chi connectivity index (χ2v) is 2.10. The van der Waals surface area contributed by atoms with Crippen molar-refractivity contribution in [3.63, 3.8) is 0 Å². The maximum absolute atomic E-state index is 10.5. The van der Waals surface area contributed by atoms with Gasteiger partial charge in [0.25, 0.3) is 0 Å². The van der Waals surface area contributed by atoms with Crippen molar-refractivity contribution in [3.8, 4) is 0 Å². The van der Waals surface area contributed by atoms with E-state index in [0.717, 1.165) is 25.7 Å². The van der Waals surface area contributed by atoms with Crippen molar-refractivity contribution < 1.29 is 25.9 Å². The Morgan fingerprint density at radius 2 is 1.50 bits per heavy atom. The zero-order valence-corrected chi connectivity index (χ0v) is 7.03. The number of carbonyl (C=O) groups excluding carboxylic acids is 1. The Labute approximate surface area is 64.1 Å². The van der Waals surface area contributed by atoms with Crippen molar-refractivity contribution in [2.75, 3.05) is 0 Å². The van der Waals surface area contributed by atoms with Crippen molar-refractivity contribution in [3.05, 3.63) is 0 Å². The van der Waals surface area contributed by atoms with Crippen LogP contribution in [0.4, 0.5) is 0 Å². The van der Waals surface area contributed by atoms with E-state index < -0.39 is 0 Å². The fraction of sp³-hybridized carbons (Fsp3) is 0.833. The van der Waals surface area contributed by atoms with Crippen LogP contribution in [-0.4, -0.2) is 5.78 Å². The first-order chi connectivity index (χ1) is 3.39. The summed E-state index contributed by atoms with van der Waals surface area (Å²) >= 11 is 0. The molecule has 0 aliphatic heterocycles. The molecule has 1 fully saturated rings. The molecule has 2 heteroatoms. The van der Waals surface area contributed by atoms with Crippen molar-refractivity contribution in [1.82, 2.24) is 0 Å². The van der Waals surface area contributed by atoms with E-state index in [9.17, 15) is 4.79 Å². The normalized spacial score (nSPS) is 19.8. The van der Waals surface area contributed by atoms with Crippen LogP contribution in [0.1, 0.15) is 32.1 Å². The Hall–Kier alpha value is 0.358. The first-order valence-corrected chi connectivity index (χ1v) is 2.91. The van der Waals surface area contributed by atoms with Crippen LogP contribution < -0.4 is 0 Å². The van der Waals surface area contributed by atoms with Gasteiger partial charge < -0.3 is 0 Å². The summed E-state index contributed by atoms with van der Waals surface area (Å²) in [6.07, 6.45) is 5.24. The van der Waals surface area contributed by atoms with Crippen LogP contribution in [0.3, 0.4) is 0 Å². The van der Waals surface area contributed by atoms with Gasteiger partial charge in [-0.2, -0.15) is 0 Å². The first-order valence-electron chi connectivity index (χ1n) is 2.91. The summed E-state index contributed by atoms with van der Waals surface area (Å²) in [4.78, 5) is 10.5. The number of rotatable bonds is 0. The SMILES string of the molecule is O=C1CCCCC1.[Pt]. The summed E-state index contributed by atoms with van der Waals surface area (Å²) in [7, 11) is 0. The predicted octanol–water partition coefficient (Wildman–Crippen LogP) is 1.52. The van der Waals surface area contributed by atoms with Crippen LogP contribution in [0.15, 0.2) is 0 Å². The third kappa shape index (κ3) is 2.61. The van der Waals surface area contributed by atoms with Gasteiger partial charge in [0.05, 0.1) is 0 Å². The van der Waals surface area contributed by atoms with E-state index in [0.29, 0.717) is 5.78 Å². The molecule has 8 heavy (non-hydrogen) atoms. The summed E-state index contributed by atoms with van der Waals surface area (Å²) in [5.41, 5.74) is 0. The minimum absolute atomic E-state index is 0. The molecular formula is C6H10OPt. The van der Waals surface area contributed by atoms with E-state index in [1.165, 1.54) is 6.42 Å². The van der Waals surface area contributed by atoms with Crippen LogP contribution in [0.25, 0.3) is 0 Å². The molecule has 0 aromatic carbocycles. The third-order valence-electron chi connectivity index (χ3n) is 1.41. The van der Waals surface area contributed by atoms with Crippen LogP contribution in [0, 0.1) is 0 Å². The predicted molar refractivity (Wildman–Crippen MR) is 28.1 cm³/mol. The van der Waals surface area contributed by atoms with Gasteiger partial charge in [0.15, 0.2) is 0 Å². The third-order valence-corrected chi connectivity index (χ3v) is 1.41. The number of hydrogen-bond acceptors (Lipinski definition) is 1. The molecule has 0 bridgehead atoms. The van der Waals surface area contributed by atoms with Gasteiger partial charge in [-0.1, -0.05) is 6.42 Å². The first kappa shape index (κ1) is 8.36. The van der Waals surface area contributed by atoms with Crippen LogP contribution in [0.2, 0.25) is 0 Å². The van der Waals surface area contributed by atoms with Gasteiger partial charge in [-0.05, 0) is 12.8 Å². The summed E-state index contributed by atoms with van der Waals surface area (Å²) in [6.45, 7) is 0. The number of hydrogen-bond donors (Lipinski definition) is 0. The Morgan fingerprint density at radius 1 is 1.00 bits per heavy atom. The fourth-order valence-electron chi connectivity index (χ4n) is 0.946. The Kier molecular flexibility index (Phi) is 4.45. The van der Waals surface area contributed by atoms with Gasteiger partial charge in [0.2, 0.25) is 0 Å². The molecule has 0 amide bonds. The van der Waals surface area contributed by atoms with Gasteiger partial charge in [-0.25, -0.2) is 0 Å². The maximum Gasteiger partial charge on any atom is 0.132 e. The number of Topliss-reactive ketones (excluding diaryl/α,β-unsaturated/α-hetero) is 1. The molecule has 1 rings (SSSR count). The van der Waals surface area contributed by atoms with E-state index in [-0.39, 0.29) is 21.1 Å². The zero-order valence-electron chi connectivity index (χ0n) is 4.76. The quantitative estimate of drug-likeness (QED) is 0.662. The van der Waals surface area contributed by atoms with Crippen LogP contribution >= 0.6 is 0 Å². The van der Waals surface area contributed by atoms with Crippen molar-refractivity contribution in [2.45, 2.75) is 32.1 Å². The molecule has 50 valence electrons. The average Bonchev–Trinajstić information content (AvgIpc) is 1.69. The molecule has 0 saturated heterocycles. The molecule has 1 nitrogen and oxygen atoms in total. The van der Waals surface area contributed by atoms with Gasteiger partial charge in [0, 0.05) is 33.9 Å². The maximum atomic E-state index is 10.5. The number of ketones is 1. The molecule has 0 spiro atoms. The molecule has 1 aliphatic carbocycles. The molecule has 1 saturated carbocycles. The Bertz CT molecular complexity index is 72.6. The molecule has 0 unspecified atom stereocenters. The molecular weight excluding hydrogens is 283 g/mol. The topological polar surface area (TPSA) is 17.1 Å². The molecule has 0 radical (unpaired) electrons. The second kappa shape index (κ2) is 4.26. The minimum Gasteiger partial charge on any atom is -0.300 e. The zero-order chi connectivity index (χ0) is 5.11. The molecule has 0 heterocycles. The second-order valence-electron chi connectivity index (χ2n) is 2.10. The molecule has 0 atom stereocenters. The van der Waals surface area contributed by atoms with Crippen molar-refractivity contribution >= 4 is 5.78 Å². The smallest absolute Gasteiger partial charge is 0.132 e. The van der Waals surface area contributed by atoms with Crippen LogP contribution in [0.5, 0.6) is 0 Å². The average molecular weight is 293 g/mol. The van der Waals surface area contributed by atoms with Crippen LogP contribution in [-0.2, 0) is 25.9 Å². The molecule has 0 aromatic heterocycles. The molecule has 0 N–H and O–H groups in total. The van der Waals surface area contributed by atoms with E-state index in [1.807, 2.05) is 0 Å². The molecule has 1 aliphatic rings. The summed E-state index contributed by atoms with van der Waals surface area (Å²) in [6, 6.07) is 0.